The summed E-state index contributed by atoms with van der Waals surface area (Å²) in [5.74, 6) is -0.795. The Morgan fingerprint density at radius 2 is 1.78 bits per heavy atom. The number of halogens is 4. The van der Waals surface area contributed by atoms with Gasteiger partial charge in [-0.3, -0.25) is 0 Å². The normalized spacial score (nSPS) is 19.2. The van der Waals surface area contributed by atoms with Gasteiger partial charge in [-0.1, -0.05) is 24.4 Å². The lowest BCUT2D eigenvalue weighted by molar-refractivity contribution is -0.138. The molecule has 3 N–H and O–H groups in total. The Morgan fingerprint density at radius 3 is 2.28 bits per heavy atom. The van der Waals surface area contributed by atoms with E-state index in [0.29, 0.717) is 12.8 Å². The molecule has 1 aliphatic carbocycles. The van der Waals surface area contributed by atoms with E-state index in [2.05, 4.69) is 0 Å². The van der Waals surface area contributed by atoms with Crippen molar-refractivity contribution >= 4 is 11.6 Å². The van der Waals surface area contributed by atoms with Crippen molar-refractivity contribution in [3.05, 3.63) is 28.3 Å². The fourth-order valence-electron chi connectivity index (χ4n) is 2.47. The maximum absolute atomic E-state index is 12.8. The van der Waals surface area contributed by atoms with E-state index in [1.54, 1.807) is 0 Å². The van der Waals surface area contributed by atoms with Gasteiger partial charge in [-0.2, -0.15) is 13.2 Å². The summed E-state index contributed by atoms with van der Waals surface area (Å²) in [5.41, 5.74) is 4.14. The minimum Gasteiger partial charge on any atom is -0.507 e. The Morgan fingerprint density at radius 1 is 1.22 bits per heavy atom. The number of rotatable bonds is 1. The van der Waals surface area contributed by atoms with E-state index in [4.69, 9.17) is 17.3 Å². The fraction of sp³-hybridized carbons (Fsp3) is 0.500. The highest BCUT2D eigenvalue weighted by molar-refractivity contribution is 6.30. The zero-order chi connectivity index (χ0) is 13.6. The molecule has 0 heterocycles. The van der Waals surface area contributed by atoms with Crippen molar-refractivity contribution in [3.63, 3.8) is 0 Å². The van der Waals surface area contributed by atoms with Crippen molar-refractivity contribution in [1.82, 2.24) is 0 Å². The molecule has 1 aromatic carbocycles. The molecule has 0 radical (unpaired) electrons. The molecule has 2 nitrogen and oxygen atoms in total. The zero-order valence-corrected chi connectivity index (χ0v) is 10.3. The molecular formula is C12H13ClF3NO. The van der Waals surface area contributed by atoms with E-state index in [-0.39, 0.29) is 10.6 Å². The summed E-state index contributed by atoms with van der Waals surface area (Å²) in [7, 11) is 0. The van der Waals surface area contributed by atoms with Crippen molar-refractivity contribution < 1.29 is 18.3 Å². The largest absolute Gasteiger partial charge is 0.507 e. The molecule has 0 aromatic heterocycles. The minimum absolute atomic E-state index is 0.0631. The van der Waals surface area contributed by atoms with E-state index in [9.17, 15) is 18.3 Å². The van der Waals surface area contributed by atoms with Crippen LogP contribution < -0.4 is 5.73 Å². The number of nitrogens with two attached hydrogens (primary N) is 1. The maximum Gasteiger partial charge on any atom is 0.420 e. The van der Waals surface area contributed by atoms with Crippen LogP contribution in [0.2, 0.25) is 5.02 Å². The Labute approximate surface area is 108 Å². The molecule has 18 heavy (non-hydrogen) atoms. The summed E-state index contributed by atoms with van der Waals surface area (Å²) >= 11 is 5.70. The third-order valence-electron chi connectivity index (χ3n) is 3.41. The zero-order valence-electron chi connectivity index (χ0n) is 9.52. The highest BCUT2D eigenvalue weighted by atomic mass is 35.5. The minimum atomic E-state index is -4.64. The molecule has 0 spiro atoms. The van der Waals surface area contributed by atoms with Crippen LogP contribution in [-0.2, 0) is 11.7 Å². The van der Waals surface area contributed by atoms with E-state index in [0.717, 1.165) is 18.9 Å². The first kappa shape index (κ1) is 13.5. The van der Waals surface area contributed by atoms with Gasteiger partial charge in [0, 0.05) is 16.1 Å². The first-order valence-electron chi connectivity index (χ1n) is 5.63. The summed E-state index contributed by atoms with van der Waals surface area (Å²) < 4.78 is 38.3. The molecule has 1 aliphatic rings. The van der Waals surface area contributed by atoms with Gasteiger partial charge in [-0.15, -0.1) is 0 Å². The molecule has 6 heteroatoms. The summed E-state index contributed by atoms with van der Waals surface area (Å²) in [5, 5.41) is 9.75. The molecule has 0 atom stereocenters. The van der Waals surface area contributed by atoms with Gasteiger partial charge in [-0.25, -0.2) is 0 Å². The Hall–Kier alpha value is -0.940. The lowest BCUT2D eigenvalue weighted by Crippen LogP contribution is -2.33. The number of benzene rings is 1. The van der Waals surface area contributed by atoms with Crippen LogP contribution in [0.4, 0.5) is 13.2 Å². The second kappa shape index (κ2) is 4.31. The van der Waals surface area contributed by atoms with E-state index >= 15 is 0 Å². The average Bonchev–Trinajstić information content (AvgIpc) is 2.67. The number of phenols is 1. The molecule has 0 aliphatic heterocycles. The van der Waals surface area contributed by atoms with Crippen molar-refractivity contribution in [2.75, 3.05) is 0 Å². The fourth-order valence-corrected chi connectivity index (χ4v) is 2.69. The van der Waals surface area contributed by atoms with Gasteiger partial charge < -0.3 is 10.8 Å². The quantitative estimate of drug-likeness (QED) is 0.821. The molecule has 0 saturated heterocycles. The van der Waals surface area contributed by atoms with Crippen LogP contribution in [0.25, 0.3) is 0 Å². The van der Waals surface area contributed by atoms with Crippen LogP contribution in [0.15, 0.2) is 12.1 Å². The first-order valence-corrected chi connectivity index (χ1v) is 6.01. The number of hydrogen-bond donors (Lipinski definition) is 2. The molecule has 1 fully saturated rings. The number of alkyl halides is 3. The standard InChI is InChI=1S/C12H13ClF3NO/c13-7-5-8(11(17)3-1-2-4-11)10(18)9(6-7)12(14,15)16/h5-6,18H,1-4,17H2. The topological polar surface area (TPSA) is 46.2 Å². The third kappa shape index (κ3) is 2.29. The average molecular weight is 280 g/mol. The molecular weight excluding hydrogens is 267 g/mol. The van der Waals surface area contributed by atoms with E-state index < -0.39 is 23.0 Å². The van der Waals surface area contributed by atoms with Gasteiger partial charge in [0.1, 0.15) is 5.75 Å². The van der Waals surface area contributed by atoms with Gasteiger partial charge in [0.05, 0.1) is 5.56 Å². The SMILES string of the molecule is NC1(c2cc(Cl)cc(C(F)(F)F)c2O)CCCC1. The summed E-state index contributed by atoms with van der Waals surface area (Å²) in [4.78, 5) is 0. The van der Waals surface area contributed by atoms with E-state index in [1.165, 1.54) is 6.07 Å². The van der Waals surface area contributed by atoms with Gasteiger partial charge in [-0.05, 0) is 25.0 Å². The van der Waals surface area contributed by atoms with Crippen molar-refractivity contribution in [2.24, 2.45) is 5.73 Å². The Bertz CT molecular complexity index is 467. The first-order chi connectivity index (χ1) is 8.24. The Kier molecular flexibility index (Phi) is 3.23. The predicted octanol–water partition coefficient (Wildman–Crippen LogP) is 3.79. The monoisotopic (exact) mass is 279 g/mol. The smallest absolute Gasteiger partial charge is 0.420 e. The van der Waals surface area contributed by atoms with Crippen LogP contribution in [0.5, 0.6) is 5.75 Å². The van der Waals surface area contributed by atoms with Crippen molar-refractivity contribution in [3.8, 4) is 5.75 Å². The van der Waals surface area contributed by atoms with Gasteiger partial charge in [0.15, 0.2) is 0 Å². The van der Waals surface area contributed by atoms with Crippen LogP contribution in [0, 0.1) is 0 Å². The maximum atomic E-state index is 12.8. The highest BCUT2D eigenvalue weighted by Gasteiger charge is 2.40. The van der Waals surface area contributed by atoms with Gasteiger partial charge in [0.25, 0.3) is 0 Å². The lowest BCUT2D eigenvalue weighted by Gasteiger charge is -2.26. The number of aromatic hydroxyl groups is 1. The molecule has 100 valence electrons. The van der Waals surface area contributed by atoms with Crippen LogP contribution in [0.3, 0.4) is 0 Å². The van der Waals surface area contributed by atoms with Gasteiger partial charge >= 0.3 is 6.18 Å². The number of hydrogen-bond acceptors (Lipinski definition) is 2. The Balaban J connectivity index is 2.58. The van der Waals surface area contributed by atoms with E-state index in [1.807, 2.05) is 0 Å². The second-order valence-electron chi connectivity index (χ2n) is 4.71. The highest BCUT2D eigenvalue weighted by Crippen LogP contribution is 2.46. The van der Waals surface area contributed by atoms with Crippen LogP contribution >= 0.6 is 11.6 Å². The molecule has 2 rings (SSSR count). The predicted molar refractivity (Wildman–Crippen MR) is 62.5 cm³/mol. The number of phenolic OH excluding ortho intramolecular Hbond substituents is 1. The van der Waals surface area contributed by atoms with Crippen LogP contribution in [-0.4, -0.2) is 5.11 Å². The summed E-state index contributed by atoms with van der Waals surface area (Å²) in [6, 6.07) is 2.05. The van der Waals surface area contributed by atoms with Crippen molar-refractivity contribution in [2.45, 2.75) is 37.4 Å². The summed E-state index contributed by atoms with van der Waals surface area (Å²) in [6.07, 6.45) is -1.86. The lowest BCUT2D eigenvalue weighted by atomic mass is 9.87. The molecule has 0 bridgehead atoms. The second-order valence-corrected chi connectivity index (χ2v) is 5.15. The molecule has 1 saturated carbocycles. The molecule has 0 unspecified atom stereocenters. The van der Waals surface area contributed by atoms with Gasteiger partial charge in [0.2, 0.25) is 0 Å². The van der Waals surface area contributed by atoms with Crippen molar-refractivity contribution in [1.29, 1.82) is 0 Å². The molecule has 1 aromatic rings. The van der Waals surface area contributed by atoms with Crippen LogP contribution in [0.1, 0.15) is 36.8 Å². The summed E-state index contributed by atoms with van der Waals surface area (Å²) in [6.45, 7) is 0. The molecule has 0 amide bonds. The third-order valence-corrected chi connectivity index (χ3v) is 3.63.